The predicted molar refractivity (Wildman–Crippen MR) is 186 cm³/mol. The lowest BCUT2D eigenvalue weighted by Gasteiger charge is -2.42. The maximum Gasteiger partial charge on any atom is 0.0906 e. The molecule has 2 aromatic carbocycles. The predicted octanol–water partition coefficient (Wildman–Crippen LogP) is 8.45. The largest absolute Gasteiger partial charge is 0.364 e. The minimum absolute atomic E-state index is 0.0598. The van der Waals surface area contributed by atoms with E-state index in [9.17, 15) is 0 Å². The van der Waals surface area contributed by atoms with Gasteiger partial charge in [0.25, 0.3) is 0 Å². The second-order valence-corrected chi connectivity index (χ2v) is 13.1. The van der Waals surface area contributed by atoms with Gasteiger partial charge in [-0.2, -0.15) is 0 Å². The van der Waals surface area contributed by atoms with E-state index in [0.717, 1.165) is 80.4 Å². The summed E-state index contributed by atoms with van der Waals surface area (Å²) in [6.07, 6.45) is 4.71. The average Bonchev–Trinajstić information content (AvgIpc) is 2.95. The second-order valence-electron chi connectivity index (χ2n) is 12.7. The molecule has 2 aliphatic rings. The van der Waals surface area contributed by atoms with Crippen molar-refractivity contribution in [2.24, 2.45) is 33.5 Å². The highest BCUT2D eigenvalue weighted by Gasteiger charge is 2.29. The second kappa shape index (κ2) is 14.2. The van der Waals surface area contributed by atoms with Crippen molar-refractivity contribution >= 4 is 23.5 Å². The average molecular weight is 600 g/mol. The molecule has 5 nitrogen and oxygen atoms in total. The van der Waals surface area contributed by atoms with Gasteiger partial charge in [-0.15, -0.1) is 0 Å². The highest BCUT2D eigenvalue weighted by Crippen LogP contribution is 2.39. The molecule has 1 atom stereocenters. The molecule has 0 bridgehead atoms. The van der Waals surface area contributed by atoms with Gasteiger partial charge in [0.15, 0.2) is 0 Å². The SMILES string of the molecule is C=CC(=N/C(=C(\C)CN1CC(C(C)C)C1)C(C)C)c1cccc(-c2cccc(C3C=NC(CN)=C(CC)N3C)c2Cl)c1C. The molecule has 1 unspecified atom stereocenters. The van der Waals surface area contributed by atoms with E-state index in [0.29, 0.717) is 12.5 Å². The maximum absolute atomic E-state index is 7.21. The van der Waals surface area contributed by atoms with Crippen molar-refractivity contribution < 1.29 is 0 Å². The molecule has 0 radical (unpaired) electrons. The summed E-state index contributed by atoms with van der Waals surface area (Å²) in [5, 5.41) is 0.739. The molecule has 2 aliphatic heterocycles. The van der Waals surface area contributed by atoms with Gasteiger partial charge in [0.05, 0.1) is 22.5 Å². The van der Waals surface area contributed by atoms with Crippen molar-refractivity contribution in [1.82, 2.24) is 9.80 Å². The fourth-order valence-electron chi connectivity index (χ4n) is 6.45. The third-order valence-corrected chi connectivity index (χ3v) is 9.55. The van der Waals surface area contributed by atoms with Gasteiger partial charge in [0.1, 0.15) is 0 Å². The molecule has 6 heteroatoms. The van der Waals surface area contributed by atoms with E-state index in [-0.39, 0.29) is 6.04 Å². The third-order valence-electron chi connectivity index (χ3n) is 9.13. The van der Waals surface area contributed by atoms with Gasteiger partial charge in [-0.3, -0.25) is 14.9 Å². The van der Waals surface area contributed by atoms with E-state index in [1.54, 1.807) is 0 Å². The third kappa shape index (κ3) is 6.90. The zero-order valence-corrected chi connectivity index (χ0v) is 28.2. The van der Waals surface area contributed by atoms with Crippen LogP contribution in [-0.2, 0) is 0 Å². The van der Waals surface area contributed by atoms with Crippen molar-refractivity contribution in [1.29, 1.82) is 0 Å². The monoisotopic (exact) mass is 599 g/mol. The highest BCUT2D eigenvalue weighted by molar-refractivity contribution is 6.34. The first-order chi connectivity index (χ1) is 20.5. The fraction of sp³-hybridized carbons (Fsp3) is 0.459. The van der Waals surface area contributed by atoms with Crippen LogP contribution in [0.25, 0.3) is 11.1 Å². The molecule has 0 spiro atoms. The molecule has 4 rings (SSSR count). The van der Waals surface area contributed by atoms with E-state index in [4.69, 9.17) is 27.3 Å². The van der Waals surface area contributed by atoms with E-state index in [1.165, 1.54) is 18.7 Å². The van der Waals surface area contributed by atoms with Gasteiger partial charge < -0.3 is 10.6 Å². The summed E-state index contributed by atoms with van der Waals surface area (Å²) in [4.78, 5) is 14.8. The zero-order valence-electron chi connectivity index (χ0n) is 27.4. The molecular weight excluding hydrogens is 550 g/mol. The Hall–Kier alpha value is -2.99. The van der Waals surface area contributed by atoms with Gasteiger partial charge in [0, 0.05) is 62.0 Å². The number of hydrogen-bond acceptors (Lipinski definition) is 5. The van der Waals surface area contributed by atoms with Crippen LogP contribution >= 0.6 is 11.6 Å². The van der Waals surface area contributed by atoms with Crippen LogP contribution in [0.1, 0.15) is 70.7 Å². The molecule has 0 aromatic heterocycles. The number of benzene rings is 2. The van der Waals surface area contributed by atoms with Crippen molar-refractivity contribution in [3.05, 3.63) is 93.4 Å². The van der Waals surface area contributed by atoms with E-state index < -0.39 is 0 Å². The summed E-state index contributed by atoms with van der Waals surface area (Å²) in [6.45, 7) is 23.5. The molecule has 2 N–H and O–H groups in total. The van der Waals surface area contributed by atoms with Gasteiger partial charge >= 0.3 is 0 Å². The quantitative estimate of drug-likeness (QED) is 0.264. The Labute approximate surface area is 264 Å². The number of aliphatic imine (C=N–C) groups is 2. The first kappa shape index (κ1) is 32.9. The summed E-state index contributed by atoms with van der Waals surface area (Å²) in [5.74, 6) is 1.85. The summed E-state index contributed by atoms with van der Waals surface area (Å²) in [5.41, 5.74) is 16.8. The Morgan fingerprint density at radius 2 is 1.81 bits per heavy atom. The lowest BCUT2D eigenvalue weighted by atomic mass is 9.88. The van der Waals surface area contributed by atoms with Gasteiger partial charge in [-0.1, -0.05) is 89.2 Å². The van der Waals surface area contributed by atoms with Crippen LogP contribution < -0.4 is 5.73 Å². The van der Waals surface area contributed by atoms with E-state index in [2.05, 4.69) is 108 Å². The van der Waals surface area contributed by atoms with Crippen LogP contribution in [0.15, 0.2) is 81.7 Å². The van der Waals surface area contributed by atoms with Crippen LogP contribution in [0.2, 0.25) is 5.02 Å². The number of likely N-dealkylation sites (tertiary alicyclic amines) is 1. The van der Waals surface area contributed by atoms with Crippen molar-refractivity contribution in [2.75, 3.05) is 33.2 Å². The first-order valence-electron chi connectivity index (χ1n) is 15.7. The standard InChI is InChI=1S/C37H50ClN5/c1-10-32(41-37(24(5)6)25(7)20-43-21-27(22-43)23(3)4)29-15-12-14-28(26(29)8)30-16-13-17-31(36(30)38)35-19-40-33(18-39)34(11-2)42(35)9/h10,12-17,19,23-24,27,35H,1,11,18,20-22,39H2,2-9H3/b37-25+,41-32?. The summed E-state index contributed by atoms with van der Waals surface area (Å²) >= 11 is 7.21. The molecule has 2 heterocycles. The smallest absolute Gasteiger partial charge is 0.0906 e. The molecule has 2 aromatic rings. The molecular formula is C37H50ClN5. The number of halogens is 1. The highest BCUT2D eigenvalue weighted by atomic mass is 35.5. The number of nitrogens with two attached hydrogens (primary N) is 1. The molecule has 0 amide bonds. The number of hydrogen-bond donors (Lipinski definition) is 1. The zero-order chi connectivity index (χ0) is 31.4. The van der Waals surface area contributed by atoms with E-state index in [1.807, 2.05) is 12.3 Å². The van der Waals surface area contributed by atoms with Crippen LogP contribution in [0, 0.1) is 24.7 Å². The Kier molecular flexibility index (Phi) is 10.9. The molecule has 230 valence electrons. The van der Waals surface area contributed by atoms with Crippen LogP contribution in [-0.4, -0.2) is 55.0 Å². The van der Waals surface area contributed by atoms with Gasteiger partial charge in [0.2, 0.25) is 0 Å². The lowest BCUT2D eigenvalue weighted by molar-refractivity contribution is 0.0780. The Balaban J connectivity index is 1.70. The molecule has 0 saturated carbocycles. The van der Waals surface area contributed by atoms with E-state index >= 15 is 0 Å². The van der Waals surface area contributed by atoms with Crippen LogP contribution in [0.5, 0.6) is 0 Å². The summed E-state index contributed by atoms with van der Waals surface area (Å²) in [6, 6.07) is 12.6. The Bertz CT molecular complexity index is 1460. The van der Waals surface area contributed by atoms with Gasteiger partial charge in [-0.25, -0.2) is 0 Å². The number of rotatable bonds is 11. The minimum Gasteiger partial charge on any atom is -0.364 e. The van der Waals surface area contributed by atoms with Crippen LogP contribution in [0.3, 0.4) is 0 Å². The molecule has 0 aliphatic carbocycles. The van der Waals surface area contributed by atoms with Crippen molar-refractivity contribution in [3.63, 3.8) is 0 Å². The van der Waals surface area contributed by atoms with Crippen molar-refractivity contribution in [2.45, 2.75) is 60.9 Å². The van der Waals surface area contributed by atoms with Crippen LogP contribution in [0.4, 0.5) is 0 Å². The topological polar surface area (TPSA) is 57.2 Å². The lowest BCUT2D eigenvalue weighted by Crippen LogP contribution is -2.49. The Morgan fingerprint density at radius 1 is 1.14 bits per heavy atom. The Morgan fingerprint density at radius 3 is 2.42 bits per heavy atom. The van der Waals surface area contributed by atoms with Gasteiger partial charge in [-0.05, 0) is 66.4 Å². The molecule has 1 saturated heterocycles. The number of nitrogens with zero attached hydrogens (tertiary/aromatic N) is 4. The minimum atomic E-state index is -0.0598. The fourth-order valence-corrected chi connectivity index (χ4v) is 6.79. The number of allylic oxidation sites excluding steroid dienone is 3. The summed E-state index contributed by atoms with van der Waals surface area (Å²) < 4.78 is 0. The summed E-state index contributed by atoms with van der Waals surface area (Å²) in [7, 11) is 2.10. The van der Waals surface area contributed by atoms with Crippen molar-refractivity contribution in [3.8, 4) is 11.1 Å². The maximum atomic E-state index is 7.21. The molecule has 43 heavy (non-hydrogen) atoms. The first-order valence-corrected chi connectivity index (χ1v) is 16.1. The normalized spacial score (nSPS) is 18.9. The molecule has 1 fully saturated rings.